The summed E-state index contributed by atoms with van der Waals surface area (Å²) in [7, 11) is 1.35. The number of fused-ring (bicyclic) bond motifs is 1. The van der Waals surface area contributed by atoms with Gasteiger partial charge < -0.3 is 9.72 Å². The molecule has 0 radical (unpaired) electrons. The second-order valence-corrected chi connectivity index (χ2v) is 4.82. The number of carbonyl (C=O) groups is 1. The van der Waals surface area contributed by atoms with Gasteiger partial charge in [-0.1, -0.05) is 19.1 Å². The Balaban J connectivity index is 2.25. The molecular formula is C15H19N3O3. The number of nitrogens with one attached hydrogen (secondary N) is 1. The molecule has 0 spiro atoms. The van der Waals surface area contributed by atoms with E-state index in [4.69, 9.17) is 0 Å². The van der Waals surface area contributed by atoms with Gasteiger partial charge in [0.25, 0.3) is 5.56 Å². The summed E-state index contributed by atoms with van der Waals surface area (Å²) in [5.74, 6) is -0.319. The molecule has 6 nitrogen and oxygen atoms in total. The van der Waals surface area contributed by atoms with Gasteiger partial charge in [0, 0.05) is 6.54 Å². The summed E-state index contributed by atoms with van der Waals surface area (Å²) in [5.41, 5.74) is 1.63. The van der Waals surface area contributed by atoms with Crippen LogP contribution in [0.5, 0.6) is 0 Å². The van der Waals surface area contributed by atoms with Crippen molar-refractivity contribution < 1.29 is 9.53 Å². The molecule has 0 unspecified atom stereocenters. The van der Waals surface area contributed by atoms with Crippen LogP contribution >= 0.6 is 0 Å². The van der Waals surface area contributed by atoms with Crippen LogP contribution in [0.1, 0.15) is 19.0 Å². The molecule has 112 valence electrons. The van der Waals surface area contributed by atoms with Crippen LogP contribution in [0.2, 0.25) is 0 Å². The van der Waals surface area contributed by atoms with E-state index in [-0.39, 0.29) is 18.1 Å². The third-order valence-electron chi connectivity index (χ3n) is 3.16. The Kier molecular flexibility index (Phi) is 5.05. The lowest BCUT2D eigenvalue weighted by Gasteiger charge is -2.19. The summed E-state index contributed by atoms with van der Waals surface area (Å²) in [6.45, 7) is 3.19. The van der Waals surface area contributed by atoms with Crippen LogP contribution in [-0.4, -0.2) is 41.0 Å². The normalized spacial score (nSPS) is 11.0. The first-order chi connectivity index (χ1) is 10.1. The molecule has 6 heteroatoms. The van der Waals surface area contributed by atoms with Gasteiger partial charge >= 0.3 is 5.97 Å². The summed E-state index contributed by atoms with van der Waals surface area (Å²) in [4.78, 5) is 32.5. The molecule has 1 N–H and O–H groups in total. The van der Waals surface area contributed by atoms with E-state index in [2.05, 4.69) is 14.7 Å². The number of esters is 1. The van der Waals surface area contributed by atoms with Crippen LogP contribution in [0, 0.1) is 0 Å². The lowest BCUT2D eigenvalue weighted by molar-refractivity contribution is -0.142. The minimum Gasteiger partial charge on any atom is -0.468 e. The average molecular weight is 289 g/mol. The maximum absolute atomic E-state index is 12.1. The Morgan fingerprint density at radius 2 is 2.14 bits per heavy atom. The highest BCUT2D eigenvalue weighted by Crippen LogP contribution is 2.07. The topological polar surface area (TPSA) is 75.3 Å². The number of carbonyl (C=O) groups excluding carboxylic acids is 1. The van der Waals surface area contributed by atoms with E-state index >= 15 is 0 Å². The smallest absolute Gasteiger partial charge is 0.319 e. The lowest BCUT2D eigenvalue weighted by Crippen LogP contribution is -2.33. The summed E-state index contributed by atoms with van der Waals surface area (Å²) in [6.07, 6.45) is 0.877. The molecule has 2 rings (SSSR count). The maximum atomic E-state index is 12.1. The van der Waals surface area contributed by atoms with Crippen molar-refractivity contribution in [2.45, 2.75) is 19.9 Å². The highest BCUT2D eigenvalue weighted by atomic mass is 16.5. The van der Waals surface area contributed by atoms with Crippen molar-refractivity contribution in [2.75, 3.05) is 20.2 Å². The van der Waals surface area contributed by atoms with Crippen LogP contribution in [-0.2, 0) is 16.1 Å². The number of hydrogen-bond acceptors (Lipinski definition) is 5. The Bertz CT molecular complexity index is 681. The van der Waals surface area contributed by atoms with Crippen molar-refractivity contribution in [3.63, 3.8) is 0 Å². The van der Waals surface area contributed by atoms with Crippen LogP contribution in [0.15, 0.2) is 29.1 Å². The van der Waals surface area contributed by atoms with E-state index in [0.717, 1.165) is 11.9 Å². The lowest BCUT2D eigenvalue weighted by atomic mass is 10.3. The summed E-state index contributed by atoms with van der Waals surface area (Å²) >= 11 is 0. The fraction of sp³-hybridized carbons (Fsp3) is 0.400. The standard InChI is InChI=1S/C15H19N3O3/c1-3-8-18(10-14(19)21-2)9-13-15(20)17-12-7-5-4-6-11(12)16-13/h4-7H,3,8-10H2,1-2H3,(H,17,20). The molecule has 0 amide bonds. The largest absolute Gasteiger partial charge is 0.468 e. The van der Waals surface area contributed by atoms with E-state index in [1.807, 2.05) is 36.1 Å². The highest BCUT2D eigenvalue weighted by molar-refractivity contribution is 5.73. The summed E-state index contributed by atoms with van der Waals surface area (Å²) < 4.78 is 4.68. The van der Waals surface area contributed by atoms with Crippen LogP contribution in [0.25, 0.3) is 11.0 Å². The Morgan fingerprint density at radius 3 is 2.86 bits per heavy atom. The van der Waals surface area contributed by atoms with Crippen LogP contribution < -0.4 is 5.56 Å². The number of H-pyrrole nitrogens is 1. The summed E-state index contributed by atoms with van der Waals surface area (Å²) in [5, 5.41) is 0. The van der Waals surface area contributed by atoms with Gasteiger partial charge in [0.05, 0.1) is 24.7 Å². The van der Waals surface area contributed by atoms with Gasteiger partial charge in [-0.3, -0.25) is 14.5 Å². The quantitative estimate of drug-likeness (QED) is 0.811. The molecule has 0 saturated carbocycles. The van der Waals surface area contributed by atoms with Gasteiger partial charge in [-0.25, -0.2) is 4.98 Å². The Hall–Kier alpha value is -2.21. The van der Waals surface area contributed by atoms with E-state index in [9.17, 15) is 9.59 Å². The number of ether oxygens (including phenoxy) is 1. The number of hydrogen-bond donors (Lipinski definition) is 1. The highest BCUT2D eigenvalue weighted by Gasteiger charge is 2.14. The first-order valence-corrected chi connectivity index (χ1v) is 6.91. The third-order valence-corrected chi connectivity index (χ3v) is 3.16. The van der Waals surface area contributed by atoms with E-state index in [0.29, 0.717) is 24.3 Å². The van der Waals surface area contributed by atoms with Gasteiger partial charge in [-0.15, -0.1) is 0 Å². The monoisotopic (exact) mass is 289 g/mol. The predicted octanol–water partition coefficient (Wildman–Crippen LogP) is 1.31. The zero-order chi connectivity index (χ0) is 15.2. The van der Waals surface area contributed by atoms with Gasteiger partial charge in [0.15, 0.2) is 0 Å². The number of para-hydroxylation sites is 2. The molecule has 1 aromatic heterocycles. The second kappa shape index (κ2) is 6.99. The predicted molar refractivity (Wildman–Crippen MR) is 79.9 cm³/mol. The second-order valence-electron chi connectivity index (χ2n) is 4.82. The summed E-state index contributed by atoms with van der Waals surface area (Å²) in [6, 6.07) is 7.38. The van der Waals surface area contributed by atoms with Gasteiger partial charge in [-0.05, 0) is 25.1 Å². The number of aromatic nitrogens is 2. The zero-order valence-electron chi connectivity index (χ0n) is 12.3. The minimum absolute atomic E-state index is 0.151. The fourth-order valence-corrected chi connectivity index (χ4v) is 2.16. The van der Waals surface area contributed by atoms with Crippen molar-refractivity contribution in [1.29, 1.82) is 0 Å². The van der Waals surface area contributed by atoms with Gasteiger partial charge in [-0.2, -0.15) is 0 Å². The molecule has 0 fully saturated rings. The molecule has 0 aliphatic rings. The number of benzene rings is 1. The van der Waals surface area contributed by atoms with Gasteiger partial charge in [0.1, 0.15) is 5.69 Å². The third kappa shape index (κ3) is 3.88. The van der Waals surface area contributed by atoms with Crippen molar-refractivity contribution in [3.8, 4) is 0 Å². The Labute approximate surface area is 122 Å². The molecule has 21 heavy (non-hydrogen) atoms. The first kappa shape index (κ1) is 15.2. The van der Waals surface area contributed by atoms with Crippen molar-refractivity contribution >= 4 is 17.0 Å². The molecule has 1 heterocycles. The molecule has 0 atom stereocenters. The molecule has 0 aliphatic heterocycles. The van der Waals surface area contributed by atoms with Crippen molar-refractivity contribution in [1.82, 2.24) is 14.9 Å². The van der Waals surface area contributed by atoms with E-state index < -0.39 is 0 Å². The average Bonchev–Trinajstić information content (AvgIpc) is 2.48. The maximum Gasteiger partial charge on any atom is 0.319 e. The molecular weight excluding hydrogens is 270 g/mol. The molecule has 2 aromatic rings. The van der Waals surface area contributed by atoms with Gasteiger partial charge in [0.2, 0.25) is 0 Å². The minimum atomic E-state index is -0.319. The van der Waals surface area contributed by atoms with Crippen LogP contribution in [0.3, 0.4) is 0 Å². The number of aromatic amines is 1. The SMILES string of the molecule is CCCN(CC(=O)OC)Cc1nc2ccccc2[nH]c1=O. The number of methoxy groups -OCH3 is 1. The zero-order valence-corrected chi connectivity index (χ0v) is 12.3. The van der Waals surface area contributed by atoms with E-state index in [1.165, 1.54) is 7.11 Å². The molecule has 0 aliphatic carbocycles. The molecule has 0 bridgehead atoms. The number of rotatable bonds is 6. The molecule has 0 saturated heterocycles. The fourth-order valence-electron chi connectivity index (χ4n) is 2.16. The first-order valence-electron chi connectivity index (χ1n) is 6.91. The van der Waals surface area contributed by atoms with Crippen molar-refractivity contribution in [2.24, 2.45) is 0 Å². The Morgan fingerprint density at radius 1 is 1.38 bits per heavy atom. The van der Waals surface area contributed by atoms with Crippen molar-refractivity contribution in [3.05, 3.63) is 40.3 Å². The number of nitrogens with zero attached hydrogens (tertiary/aromatic N) is 2. The molecule has 1 aromatic carbocycles. The van der Waals surface area contributed by atoms with Crippen LogP contribution in [0.4, 0.5) is 0 Å². The van der Waals surface area contributed by atoms with E-state index in [1.54, 1.807) is 0 Å².